The van der Waals surface area contributed by atoms with Crippen LogP contribution in [0, 0.1) is 11.8 Å². The number of amides is 1. The van der Waals surface area contributed by atoms with Gasteiger partial charge in [-0.05, 0) is 41.8 Å². The number of aliphatic hydroxyl groups excluding tert-OH is 2. The number of hydrogen-bond donors (Lipinski definition) is 5. The number of aromatic hydroxyl groups is 1. The molecule has 1 saturated carbocycles. The number of primary amides is 1. The molecule has 0 spiro atoms. The van der Waals surface area contributed by atoms with Crippen molar-refractivity contribution in [2.24, 2.45) is 17.6 Å². The van der Waals surface area contributed by atoms with Crippen molar-refractivity contribution in [2.75, 3.05) is 19.0 Å². The number of carbonyl (C=O) groups is 3. The van der Waals surface area contributed by atoms with Gasteiger partial charge < -0.3 is 31.1 Å². The Labute approximate surface area is 204 Å². The van der Waals surface area contributed by atoms with Gasteiger partial charge in [-0.1, -0.05) is 6.07 Å². The molecule has 3 aliphatic rings. The molecule has 1 aromatic carbocycles. The molecule has 0 bridgehead atoms. The molecule has 1 aromatic heterocycles. The van der Waals surface area contributed by atoms with E-state index in [-0.39, 0.29) is 36.1 Å². The van der Waals surface area contributed by atoms with Crippen LogP contribution in [0.3, 0.4) is 0 Å². The first-order valence-corrected chi connectivity index (χ1v) is 11.9. The van der Waals surface area contributed by atoms with E-state index in [1.54, 1.807) is 0 Å². The van der Waals surface area contributed by atoms with E-state index in [9.17, 15) is 34.8 Å². The number of nitrogens with two attached hydrogens (primary N) is 1. The van der Waals surface area contributed by atoms with Gasteiger partial charge in [-0.25, -0.2) is 0 Å². The third kappa shape index (κ3) is 3.06. The van der Waals surface area contributed by atoms with E-state index in [2.05, 4.69) is 0 Å². The summed E-state index contributed by atoms with van der Waals surface area (Å²) in [4.78, 5) is 40.5. The van der Waals surface area contributed by atoms with Gasteiger partial charge in [0.15, 0.2) is 11.4 Å². The number of thiophene rings is 1. The summed E-state index contributed by atoms with van der Waals surface area (Å²) >= 11 is 1.41. The Bertz CT molecular complexity index is 1370. The number of phenolic OH excluding ortho intramolecular Hbond substituents is 1. The second-order valence-electron chi connectivity index (χ2n) is 9.42. The first-order chi connectivity index (χ1) is 16.5. The van der Waals surface area contributed by atoms with Gasteiger partial charge in [0.1, 0.15) is 22.8 Å². The Hall–Kier alpha value is -3.63. The zero-order valence-corrected chi connectivity index (χ0v) is 19.8. The lowest BCUT2D eigenvalue weighted by Crippen LogP contribution is -2.58. The summed E-state index contributed by atoms with van der Waals surface area (Å²) in [6.45, 7) is 0. The van der Waals surface area contributed by atoms with Crippen molar-refractivity contribution in [1.82, 2.24) is 0 Å². The van der Waals surface area contributed by atoms with Crippen molar-refractivity contribution in [3.05, 3.63) is 51.6 Å². The van der Waals surface area contributed by atoms with Crippen molar-refractivity contribution in [3.8, 4) is 16.2 Å². The minimum Gasteiger partial charge on any atom is -0.508 e. The number of nitrogens with zero attached hydrogens (tertiary/aromatic N) is 1. The summed E-state index contributed by atoms with van der Waals surface area (Å²) < 4.78 is 0. The van der Waals surface area contributed by atoms with Crippen molar-refractivity contribution in [2.45, 2.75) is 24.9 Å². The smallest absolute Gasteiger partial charge is 0.255 e. The number of carbonyl (C=O) groups excluding carboxylic acids is 3. The summed E-state index contributed by atoms with van der Waals surface area (Å²) in [6.07, 6.45) is 0.0223. The third-order valence-electron chi connectivity index (χ3n) is 7.31. The van der Waals surface area contributed by atoms with Crippen molar-refractivity contribution in [1.29, 1.82) is 0 Å². The van der Waals surface area contributed by atoms with Crippen LogP contribution in [-0.4, -0.2) is 57.6 Å². The fourth-order valence-electron chi connectivity index (χ4n) is 5.69. The van der Waals surface area contributed by atoms with Gasteiger partial charge in [-0.2, -0.15) is 0 Å². The van der Waals surface area contributed by atoms with Gasteiger partial charge in [0, 0.05) is 48.1 Å². The van der Waals surface area contributed by atoms with E-state index in [4.69, 9.17) is 5.73 Å². The van der Waals surface area contributed by atoms with Crippen LogP contribution in [0.4, 0.5) is 5.69 Å². The van der Waals surface area contributed by atoms with Crippen LogP contribution in [0.25, 0.3) is 16.2 Å². The van der Waals surface area contributed by atoms with Gasteiger partial charge in [-0.3, -0.25) is 14.4 Å². The number of aliphatic hydroxyl groups is 3. The maximum Gasteiger partial charge on any atom is 0.255 e. The number of phenols is 1. The quantitative estimate of drug-likeness (QED) is 0.404. The molecule has 10 heteroatoms. The summed E-state index contributed by atoms with van der Waals surface area (Å²) in [7, 11) is 3.67. The zero-order valence-electron chi connectivity index (χ0n) is 19.0. The Morgan fingerprint density at radius 1 is 1.20 bits per heavy atom. The maximum absolute atomic E-state index is 13.6. The largest absolute Gasteiger partial charge is 0.508 e. The predicted octanol–water partition coefficient (Wildman–Crippen LogP) is 2.22. The molecule has 3 atom stereocenters. The van der Waals surface area contributed by atoms with Crippen LogP contribution in [0.2, 0.25) is 0 Å². The maximum atomic E-state index is 13.6. The molecule has 182 valence electrons. The third-order valence-corrected chi connectivity index (χ3v) is 8.21. The molecule has 0 aliphatic heterocycles. The van der Waals surface area contributed by atoms with E-state index in [0.717, 1.165) is 10.6 Å². The van der Waals surface area contributed by atoms with Crippen LogP contribution >= 0.6 is 11.3 Å². The summed E-state index contributed by atoms with van der Waals surface area (Å²) in [6, 6.07) is 5.49. The highest BCUT2D eigenvalue weighted by molar-refractivity contribution is 7.13. The molecule has 1 heterocycles. The van der Waals surface area contributed by atoms with Crippen LogP contribution in [0.15, 0.2) is 40.5 Å². The number of ketones is 2. The highest BCUT2D eigenvalue weighted by Gasteiger charge is 2.60. The summed E-state index contributed by atoms with van der Waals surface area (Å²) in [5.74, 6) is -6.30. The molecule has 3 unspecified atom stereocenters. The fourth-order valence-corrected chi connectivity index (χ4v) is 6.43. The van der Waals surface area contributed by atoms with E-state index in [1.165, 1.54) is 11.3 Å². The van der Waals surface area contributed by atoms with Gasteiger partial charge in [0.2, 0.25) is 5.78 Å². The number of Topliss-reactive ketones (excluding diaryl/α,β-unsaturated/α-hetero) is 2. The van der Waals surface area contributed by atoms with E-state index in [0.29, 0.717) is 11.1 Å². The van der Waals surface area contributed by atoms with Crippen LogP contribution < -0.4 is 10.6 Å². The normalized spacial score (nSPS) is 25.8. The summed E-state index contributed by atoms with van der Waals surface area (Å²) in [5, 5.41) is 46.5. The van der Waals surface area contributed by atoms with Crippen LogP contribution in [0.1, 0.15) is 24.0 Å². The van der Waals surface area contributed by atoms with Crippen molar-refractivity contribution >= 4 is 40.3 Å². The number of rotatable bonds is 3. The first kappa shape index (κ1) is 23.1. The SMILES string of the molecule is CN(C)c1cc(-c2cccs2)c(O)c2c1CC1CC3CC(=O)C(C(N)=O)=C(O)C3(O)C(=O)C1=C2O. The van der Waals surface area contributed by atoms with Gasteiger partial charge >= 0.3 is 0 Å². The first-order valence-electron chi connectivity index (χ1n) is 11.1. The minimum atomic E-state index is -2.57. The topological polar surface area (TPSA) is 161 Å². The average molecular weight is 497 g/mol. The molecular formula is C25H24N2O7S. The summed E-state index contributed by atoms with van der Waals surface area (Å²) in [5.41, 5.74) is 3.66. The Morgan fingerprint density at radius 2 is 1.91 bits per heavy atom. The Morgan fingerprint density at radius 3 is 2.51 bits per heavy atom. The monoisotopic (exact) mass is 496 g/mol. The molecule has 0 radical (unpaired) electrons. The van der Waals surface area contributed by atoms with Gasteiger partial charge in [0.05, 0.1) is 5.56 Å². The van der Waals surface area contributed by atoms with E-state index in [1.807, 2.05) is 42.6 Å². The molecule has 9 nitrogen and oxygen atoms in total. The number of anilines is 1. The molecule has 1 fully saturated rings. The molecular weight excluding hydrogens is 472 g/mol. The fraction of sp³-hybridized carbons (Fsp3) is 0.320. The molecule has 1 amide bonds. The van der Waals surface area contributed by atoms with Gasteiger partial charge in [0.25, 0.3) is 5.91 Å². The lowest BCUT2D eigenvalue weighted by molar-refractivity contribution is -0.147. The van der Waals surface area contributed by atoms with Crippen LogP contribution in [-0.2, 0) is 20.8 Å². The standard InChI is InChI=1S/C25H24N2O7S/c1-27(2)14-9-13(16-4-3-5-35-16)20(29)18-12(14)7-10-6-11-8-15(28)19(24(26)33)23(32)25(11,34)22(31)17(10)21(18)30/h3-5,9-11,29-30,32,34H,6-8H2,1-2H3,(H2,26,33). The Balaban J connectivity index is 1.75. The van der Waals surface area contributed by atoms with Crippen molar-refractivity contribution in [3.63, 3.8) is 0 Å². The predicted molar refractivity (Wildman–Crippen MR) is 129 cm³/mol. The number of fused-ring (bicyclic) bond motifs is 3. The number of benzene rings is 1. The highest BCUT2D eigenvalue weighted by atomic mass is 32.1. The van der Waals surface area contributed by atoms with Crippen molar-refractivity contribution < 1.29 is 34.8 Å². The molecule has 6 N–H and O–H groups in total. The van der Waals surface area contributed by atoms with E-state index >= 15 is 0 Å². The number of hydrogen-bond acceptors (Lipinski definition) is 9. The molecule has 0 saturated heterocycles. The second kappa shape index (κ2) is 7.69. The lowest BCUT2D eigenvalue weighted by atomic mass is 9.59. The Kier molecular flexibility index (Phi) is 5.08. The average Bonchev–Trinajstić information content (AvgIpc) is 3.30. The molecule has 3 aliphatic carbocycles. The van der Waals surface area contributed by atoms with Gasteiger partial charge in [-0.15, -0.1) is 11.3 Å². The van der Waals surface area contributed by atoms with Crippen LogP contribution in [0.5, 0.6) is 5.75 Å². The highest BCUT2D eigenvalue weighted by Crippen LogP contribution is 2.54. The molecule has 2 aromatic rings. The van der Waals surface area contributed by atoms with E-state index < -0.39 is 52.0 Å². The molecule has 35 heavy (non-hydrogen) atoms. The minimum absolute atomic E-state index is 0.0896. The molecule has 5 rings (SSSR count). The zero-order chi connectivity index (χ0) is 25.4. The second-order valence-corrected chi connectivity index (χ2v) is 10.4. The lowest BCUT2D eigenvalue weighted by Gasteiger charge is -2.46.